The minimum atomic E-state index is -1.67. The van der Waals surface area contributed by atoms with E-state index in [1.54, 1.807) is 19.3 Å². The van der Waals surface area contributed by atoms with Crippen LogP contribution in [0.5, 0.6) is 0 Å². The van der Waals surface area contributed by atoms with Crippen molar-refractivity contribution in [2.24, 2.45) is 0 Å². The highest BCUT2D eigenvalue weighted by Crippen LogP contribution is 2.05. The molecule has 46 heavy (non-hydrogen) atoms. The number of hydrogen-bond donors (Lipinski definition) is 1. The molecule has 0 fully saturated rings. The number of pyridine rings is 3. The van der Waals surface area contributed by atoms with Crippen LogP contribution in [-0.2, 0) is 21.7 Å². The Kier molecular flexibility index (Phi) is 34.8. The molecule has 6 nitrogen and oxygen atoms in total. The first kappa shape index (κ1) is 49.3. The van der Waals surface area contributed by atoms with Gasteiger partial charge in [0, 0.05) is 63.9 Å². The molecule has 4 aromatic rings. The monoisotopic (exact) mass is 813 g/mol. The van der Waals surface area contributed by atoms with E-state index in [9.17, 15) is 5.21 Å². The Bertz CT molecular complexity index is 1230. The maximum absolute atomic E-state index is 10.8. The van der Waals surface area contributed by atoms with Crippen LogP contribution in [0.25, 0.3) is 0 Å². The number of benzene rings is 1. The third kappa shape index (κ3) is 35.7. The number of hydrogen-bond acceptors (Lipinski definition) is 5. The van der Waals surface area contributed by atoms with Gasteiger partial charge in [-0.3, -0.25) is 9.97 Å². The highest BCUT2D eigenvalue weighted by Gasteiger charge is 1.95. The fourth-order valence-electron chi connectivity index (χ4n) is 2.47. The molecule has 3 aromatic heterocycles. The summed E-state index contributed by atoms with van der Waals surface area (Å²) in [5.41, 5.74) is 8.33. The summed E-state index contributed by atoms with van der Waals surface area (Å²) in [7, 11) is 7.36. The van der Waals surface area contributed by atoms with E-state index in [0.717, 1.165) is 32.9 Å². The number of aryl methyl sites for hydroxylation is 6. The van der Waals surface area contributed by atoms with E-state index in [2.05, 4.69) is 56.5 Å². The van der Waals surface area contributed by atoms with Crippen LogP contribution in [0.3, 0.4) is 0 Å². The zero-order valence-corrected chi connectivity index (χ0v) is 33.1. The molecule has 0 spiro atoms. The van der Waals surface area contributed by atoms with Crippen LogP contribution in [0.2, 0.25) is 0 Å². The molecule has 3 heterocycles. The number of aliphatic hydroxyl groups is 1. The van der Waals surface area contributed by atoms with Crippen molar-refractivity contribution in [2.45, 2.75) is 58.3 Å². The number of rotatable bonds is 2. The van der Waals surface area contributed by atoms with E-state index in [0.29, 0.717) is 5.88 Å². The van der Waals surface area contributed by atoms with Gasteiger partial charge in [0.15, 0.2) is 16.2 Å². The van der Waals surface area contributed by atoms with Crippen molar-refractivity contribution in [2.75, 3.05) is 5.34 Å². The van der Waals surface area contributed by atoms with Gasteiger partial charge in [0.25, 0.3) is 0 Å². The fraction of sp³-hybridized carbons (Fsp3) is 0.323. The van der Waals surface area contributed by atoms with Crippen molar-refractivity contribution in [1.82, 2.24) is 9.97 Å². The smallest absolute Gasteiger partial charge is 0.211 e. The molecule has 0 radical (unpaired) electrons. The second-order valence-electron chi connectivity index (χ2n) is 8.79. The quantitative estimate of drug-likeness (QED) is 0.0942. The lowest BCUT2D eigenvalue weighted by molar-refractivity contribution is -0.612. The molecule has 0 unspecified atom stereocenters. The summed E-state index contributed by atoms with van der Waals surface area (Å²) in [5, 5.41) is 19.5. The summed E-state index contributed by atoms with van der Waals surface area (Å²) in [6, 6.07) is 19.8. The molecule has 0 bridgehead atoms. The van der Waals surface area contributed by atoms with Gasteiger partial charge in [-0.2, -0.15) is 4.73 Å². The van der Waals surface area contributed by atoms with Crippen LogP contribution in [-0.4, -0.2) is 28.9 Å². The average molecular weight is 817 g/mol. The van der Waals surface area contributed by atoms with Gasteiger partial charge in [-0.25, -0.2) is 4.21 Å². The third-order valence-corrected chi connectivity index (χ3v) is 5.03. The third-order valence-electron chi connectivity index (χ3n) is 4.72. The second-order valence-corrected chi connectivity index (χ2v) is 14.4. The molecule has 0 atom stereocenters. The minimum Gasteiger partial charge on any atom is -0.619 e. The topological polar surface area (TPSA) is 90.0 Å². The van der Waals surface area contributed by atoms with Gasteiger partial charge in [-0.15, -0.1) is 34.8 Å². The lowest BCUT2D eigenvalue weighted by Gasteiger charge is -1.98. The van der Waals surface area contributed by atoms with E-state index < -0.39 is 13.5 Å². The number of aliphatic hydroxyl groups excluding tert-OH is 1. The Balaban J connectivity index is -0.000000486. The van der Waals surface area contributed by atoms with Crippen LogP contribution in [0.4, 0.5) is 0 Å². The maximum Gasteiger partial charge on any atom is 0.211 e. The molecular weight excluding hydrogens is 778 g/mol. The van der Waals surface area contributed by atoms with Gasteiger partial charge in [-0.05, 0) is 69.5 Å². The lowest BCUT2D eigenvalue weighted by Crippen LogP contribution is -2.29. The van der Waals surface area contributed by atoms with E-state index in [-0.39, 0.29) is 11.9 Å². The summed E-state index contributed by atoms with van der Waals surface area (Å²) in [5.74, 6) is 0.611. The molecule has 15 heteroatoms. The lowest BCUT2D eigenvalue weighted by atomic mass is 10.2. The normalized spacial score (nSPS) is 9.15. The van der Waals surface area contributed by atoms with Gasteiger partial charge in [-0.1, -0.05) is 76.8 Å². The fourth-order valence-corrected chi connectivity index (χ4v) is 2.64. The van der Waals surface area contributed by atoms with E-state index in [4.69, 9.17) is 78.9 Å². The highest BCUT2D eigenvalue weighted by atomic mass is 36.0. The first-order valence-electron chi connectivity index (χ1n) is 13.0. The molecule has 0 saturated carbocycles. The van der Waals surface area contributed by atoms with E-state index in [1.165, 1.54) is 16.7 Å². The first-order chi connectivity index (χ1) is 21.5. The van der Waals surface area contributed by atoms with Crippen molar-refractivity contribution in [3.63, 3.8) is 0 Å². The minimum absolute atomic E-state index is 0.0281. The van der Waals surface area contributed by atoms with E-state index in [1.807, 2.05) is 76.4 Å². The number of alkyl halides is 6. The average Bonchev–Trinajstić information content (AvgIpc) is 2.98. The summed E-state index contributed by atoms with van der Waals surface area (Å²) in [6.07, 6.45) is 5.18. The van der Waals surface area contributed by atoms with Crippen LogP contribution in [0.15, 0.2) is 79.3 Å². The summed E-state index contributed by atoms with van der Waals surface area (Å²) >= 11 is 29.5. The van der Waals surface area contributed by atoms with E-state index >= 15 is 0 Å². The summed E-state index contributed by atoms with van der Waals surface area (Å²) in [6.45, 7) is 11.8. The van der Waals surface area contributed by atoms with Gasteiger partial charge in [0.05, 0.1) is 17.6 Å². The Morgan fingerprint density at radius 1 is 0.739 bits per heavy atom. The molecule has 0 aliphatic heterocycles. The summed E-state index contributed by atoms with van der Waals surface area (Å²) in [4.78, 5) is 8.03. The largest absolute Gasteiger partial charge is 0.619 e. The predicted octanol–water partition coefficient (Wildman–Crippen LogP) is 10.7. The molecule has 0 saturated heterocycles. The van der Waals surface area contributed by atoms with Crippen molar-refractivity contribution in [1.29, 1.82) is 0 Å². The van der Waals surface area contributed by atoms with Crippen LogP contribution >= 0.6 is 91.0 Å². The van der Waals surface area contributed by atoms with Crippen molar-refractivity contribution < 1.29 is 14.0 Å². The maximum atomic E-state index is 10.8. The van der Waals surface area contributed by atoms with Gasteiger partial charge in [0.1, 0.15) is 0 Å². The first-order valence-corrected chi connectivity index (χ1v) is 18.7. The molecule has 1 aromatic carbocycles. The van der Waals surface area contributed by atoms with Crippen LogP contribution in [0.1, 0.15) is 44.9 Å². The van der Waals surface area contributed by atoms with Gasteiger partial charge >= 0.3 is 0 Å². The number of halogens is 8. The van der Waals surface area contributed by atoms with Crippen molar-refractivity contribution in [3.05, 3.63) is 129 Å². The molecule has 258 valence electrons. The Morgan fingerprint density at radius 2 is 1.15 bits per heavy atom. The predicted molar refractivity (Wildman–Crippen MR) is 202 cm³/mol. The van der Waals surface area contributed by atoms with Crippen molar-refractivity contribution >= 4 is 100 Å². The Hall–Kier alpha value is -1.10. The number of aromatic nitrogens is 3. The summed E-state index contributed by atoms with van der Waals surface area (Å²) < 4.78 is 9.21. The van der Waals surface area contributed by atoms with Gasteiger partial charge in [0.2, 0.25) is 9.23 Å². The zero-order chi connectivity index (χ0) is 36.1. The number of nitrogens with zero attached hydrogens (tertiary/aromatic N) is 3. The second kappa shape index (κ2) is 32.4. The molecular formula is C31H39Cl8N3O3S. The zero-order valence-electron chi connectivity index (χ0n) is 26.2. The molecule has 1 N–H and O–H groups in total. The standard InChI is InChI=1S/C8H9Cl.2C7H9NO.C7H9N.CHCl3.CH2Cl2.Cl2OS/c1-7-2-4-8(6-9)5-3-7;1-6-3-4-7(2)8(9)5-6;1-6-2-3-7(5-9)8-4-6;1-6-3-4-7(2)8-5-6;2-1(3)4;2-1-3;1-4(2)3/h2-5H,6H2,1H3;3-5H,1-2H3;2-4,9H,5H2,1H3;3-5H,1-2H3;1H;1H2;. The molecule has 0 aliphatic rings. The molecule has 4 rings (SSSR count). The van der Waals surface area contributed by atoms with Crippen LogP contribution in [0, 0.1) is 46.7 Å². The molecule has 0 aliphatic carbocycles. The SMILES string of the molecule is Cc1ccc(C)[n+]([O-])c1.Cc1ccc(C)nc1.Cc1ccc(CCl)cc1.Cc1ccc(CO)nc1.ClC(Cl)Cl.ClCCl.O=S(Cl)Cl. The Morgan fingerprint density at radius 3 is 1.46 bits per heavy atom. The highest BCUT2D eigenvalue weighted by molar-refractivity contribution is 8.26. The van der Waals surface area contributed by atoms with Crippen molar-refractivity contribution in [3.8, 4) is 0 Å². The van der Waals surface area contributed by atoms with Crippen LogP contribution < -0.4 is 4.73 Å². The molecule has 0 amide bonds. The Labute approximate surface area is 315 Å². The van der Waals surface area contributed by atoms with Gasteiger partial charge < -0.3 is 10.3 Å².